The quantitative estimate of drug-likeness (QED) is 0.633. The maximum absolute atomic E-state index is 14.2. The summed E-state index contributed by atoms with van der Waals surface area (Å²) in [6, 6.07) is 14.2. The molecule has 31 heavy (non-hydrogen) atoms. The van der Waals surface area contributed by atoms with E-state index >= 15 is 0 Å². The Morgan fingerprint density at radius 3 is 2.65 bits per heavy atom. The number of ether oxygens (including phenoxy) is 2. The molecule has 0 radical (unpaired) electrons. The van der Waals surface area contributed by atoms with Gasteiger partial charge in [-0.2, -0.15) is 0 Å². The van der Waals surface area contributed by atoms with E-state index in [4.69, 9.17) is 9.47 Å². The largest absolute Gasteiger partial charge is 0.481 e. The first kappa shape index (κ1) is 20.8. The van der Waals surface area contributed by atoms with Crippen LogP contribution in [0.5, 0.6) is 5.88 Å². The molecular weight excluding hydrogens is 399 g/mol. The molecule has 2 atom stereocenters. The van der Waals surface area contributed by atoms with Gasteiger partial charge in [-0.05, 0) is 35.9 Å². The minimum atomic E-state index is -0.847. The minimum absolute atomic E-state index is 0.0782. The molecule has 1 fully saturated rings. The molecule has 1 aromatic heterocycles. The lowest BCUT2D eigenvalue weighted by atomic mass is 9.84. The van der Waals surface area contributed by atoms with Crippen molar-refractivity contribution in [2.75, 3.05) is 7.11 Å². The van der Waals surface area contributed by atoms with E-state index in [1.807, 2.05) is 44.2 Å². The van der Waals surface area contributed by atoms with Crippen molar-refractivity contribution in [3.05, 3.63) is 59.9 Å². The highest BCUT2D eigenvalue weighted by molar-refractivity contribution is 6.00. The molecule has 3 aromatic rings. The highest BCUT2D eigenvalue weighted by Crippen LogP contribution is 2.31. The van der Waals surface area contributed by atoms with Crippen LogP contribution >= 0.6 is 0 Å². The van der Waals surface area contributed by atoms with E-state index in [1.165, 1.54) is 13.2 Å². The second-order valence-corrected chi connectivity index (χ2v) is 7.97. The van der Waals surface area contributed by atoms with E-state index in [0.29, 0.717) is 23.4 Å². The summed E-state index contributed by atoms with van der Waals surface area (Å²) in [6.45, 7) is 3.95. The summed E-state index contributed by atoms with van der Waals surface area (Å²) in [7, 11) is 1.53. The number of carbonyl (C=O) groups excluding carboxylic acids is 2. The van der Waals surface area contributed by atoms with Gasteiger partial charge in [0.15, 0.2) is 6.10 Å². The molecule has 0 saturated carbocycles. The van der Waals surface area contributed by atoms with Gasteiger partial charge in [0.1, 0.15) is 5.82 Å². The van der Waals surface area contributed by atoms with Gasteiger partial charge in [0.2, 0.25) is 5.88 Å². The zero-order chi connectivity index (χ0) is 22.1. The molecule has 1 aliphatic rings. The van der Waals surface area contributed by atoms with E-state index in [0.717, 1.165) is 16.5 Å². The van der Waals surface area contributed by atoms with Crippen LogP contribution in [0.3, 0.4) is 0 Å². The lowest BCUT2D eigenvalue weighted by Crippen LogP contribution is -2.35. The predicted molar refractivity (Wildman–Crippen MR) is 114 cm³/mol. The highest BCUT2D eigenvalue weighted by atomic mass is 19.1. The normalized spacial score (nSPS) is 17.0. The molecule has 6 nitrogen and oxygen atoms in total. The molecule has 7 heteroatoms. The Hall–Kier alpha value is -3.48. The lowest BCUT2D eigenvalue weighted by Gasteiger charge is -2.24. The fraction of sp³-hybridized carbons (Fsp3) is 0.292. The van der Waals surface area contributed by atoms with Crippen molar-refractivity contribution >= 4 is 22.8 Å². The fourth-order valence-corrected chi connectivity index (χ4v) is 3.95. The van der Waals surface area contributed by atoms with Crippen molar-refractivity contribution in [1.82, 2.24) is 10.3 Å². The first-order valence-corrected chi connectivity index (χ1v) is 10.1. The number of benzene rings is 2. The van der Waals surface area contributed by atoms with E-state index in [2.05, 4.69) is 10.3 Å². The zero-order valence-corrected chi connectivity index (χ0v) is 17.5. The van der Waals surface area contributed by atoms with E-state index in [9.17, 15) is 14.0 Å². The van der Waals surface area contributed by atoms with Crippen molar-refractivity contribution in [3.63, 3.8) is 0 Å². The number of hydrogen-bond acceptors (Lipinski definition) is 5. The molecule has 4 rings (SSSR count). The van der Waals surface area contributed by atoms with Crippen LogP contribution in [0, 0.1) is 17.7 Å². The third kappa shape index (κ3) is 4.08. The molecule has 1 saturated heterocycles. The summed E-state index contributed by atoms with van der Waals surface area (Å²) in [6.07, 6.45) is -1.11. The van der Waals surface area contributed by atoms with Crippen LogP contribution in [0.1, 0.15) is 19.4 Å². The first-order valence-electron chi connectivity index (χ1n) is 10.1. The zero-order valence-electron chi connectivity index (χ0n) is 17.5. The van der Waals surface area contributed by atoms with Crippen molar-refractivity contribution in [1.29, 1.82) is 0 Å². The van der Waals surface area contributed by atoms with Crippen LogP contribution in [0.25, 0.3) is 22.0 Å². The molecule has 0 aliphatic carbocycles. The van der Waals surface area contributed by atoms with Gasteiger partial charge in [0.25, 0.3) is 5.91 Å². The second kappa shape index (κ2) is 8.34. The summed E-state index contributed by atoms with van der Waals surface area (Å²) in [5, 5.41) is 3.53. The Kier molecular flexibility index (Phi) is 5.59. The Bertz CT molecular complexity index is 1160. The van der Waals surface area contributed by atoms with Gasteiger partial charge in [-0.15, -0.1) is 0 Å². The van der Waals surface area contributed by atoms with Gasteiger partial charge in [-0.1, -0.05) is 44.2 Å². The Balaban J connectivity index is 1.66. The van der Waals surface area contributed by atoms with E-state index in [1.54, 1.807) is 12.1 Å². The number of cyclic esters (lactones) is 1. The van der Waals surface area contributed by atoms with Gasteiger partial charge < -0.3 is 9.47 Å². The highest BCUT2D eigenvalue weighted by Gasteiger charge is 2.40. The van der Waals surface area contributed by atoms with E-state index < -0.39 is 18.1 Å². The summed E-state index contributed by atoms with van der Waals surface area (Å²) in [5.74, 6) is -0.448. The number of halogens is 1. The number of rotatable bonds is 6. The number of aromatic nitrogens is 1. The summed E-state index contributed by atoms with van der Waals surface area (Å²) in [4.78, 5) is 28.2. The number of methoxy groups -OCH3 is 1. The maximum atomic E-state index is 14.2. The number of amides is 2. The van der Waals surface area contributed by atoms with Crippen LogP contribution in [0.4, 0.5) is 9.18 Å². The molecule has 1 N–H and O–H groups in total. The maximum Gasteiger partial charge on any atom is 0.414 e. The average molecular weight is 422 g/mol. The summed E-state index contributed by atoms with van der Waals surface area (Å²) >= 11 is 0. The summed E-state index contributed by atoms with van der Waals surface area (Å²) < 4.78 is 24.9. The lowest BCUT2D eigenvalue weighted by molar-refractivity contribution is -0.126. The minimum Gasteiger partial charge on any atom is -0.481 e. The van der Waals surface area contributed by atoms with Gasteiger partial charge >= 0.3 is 6.09 Å². The van der Waals surface area contributed by atoms with Crippen LogP contribution in [-0.4, -0.2) is 30.2 Å². The number of hydrogen-bond donors (Lipinski definition) is 1. The molecule has 0 spiro atoms. The van der Waals surface area contributed by atoms with Crippen molar-refractivity contribution in [2.24, 2.45) is 11.8 Å². The Morgan fingerprint density at radius 1 is 1.16 bits per heavy atom. The average Bonchev–Trinajstić information content (AvgIpc) is 3.09. The standard InChI is InChI=1S/C24H23FN2O4/c1-13(2)17(21-22(28)27-24(29)31-21)12-16-9-10-20(26-23(16)30-3)15-8-7-14-5-4-6-19(25)18(14)11-15/h4-11,13,17,21H,12H2,1-3H3,(H,27,28,29). The van der Waals surface area contributed by atoms with Crippen LogP contribution in [0.15, 0.2) is 48.5 Å². The fourth-order valence-electron chi connectivity index (χ4n) is 3.95. The predicted octanol–water partition coefficient (Wildman–Crippen LogP) is 4.50. The van der Waals surface area contributed by atoms with Gasteiger partial charge in [0.05, 0.1) is 12.8 Å². The molecule has 160 valence electrons. The monoisotopic (exact) mass is 422 g/mol. The van der Waals surface area contributed by atoms with Crippen LogP contribution in [-0.2, 0) is 16.0 Å². The third-order valence-corrected chi connectivity index (χ3v) is 5.68. The number of imide groups is 1. The van der Waals surface area contributed by atoms with Crippen LogP contribution in [0.2, 0.25) is 0 Å². The molecule has 1 aliphatic heterocycles. The third-order valence-electron chi connectivity index (χ3n) is 5.68. The molecular formula is C24H23FN2O4. The topological polar surface area (TPSA) is 77.5 Å². The van der Waals surface area contributed by atoms with Gasteiger partial charge in [0, 0.05) is 22.4 Å². The first-order chi connectivity index (χ1) is 14.9. The molecule has 0 bridgehead atoms. The van der Waals surface area contributed by atoms with Gasteiger partial charge in [-0.3, -0.25) is 10.1 Å². The molecule has 2 heterocycles. The Morgan fingerprint density at radius 2 is 1.97 bits per heavy atom. The number of alkyl carbamates (subject to hydrolysis) is 1. The molecule has 2 amide bonds. The van der Waals surface area contributed by atoms with Crippen molar-refractivity contribution in [2.45, 2.75) is 26.4 Å². The van der Waals surface area contributed by atoms with Crippen LogP contribution < -0.4 is 10.1 Å². The number of pyridine rings is 1. The van der Waals surface area contributed by atoms with Gasteiger partial charge in [-0.25, -0.2) is 14.2 Å². The Labute approximate surface area is 179 Å². The number of nitrogens with zero attached hydrogens (tertiary/aromatic N) is 1. The smallest absolute Gasteiger partial charge is 0.414 e. The molecule has 2 aromatic carbocycles. The molecule has 2 unspecified atom stereocenters. The van der Waals surface area contributed by atoms with Crippen molar-refractivity contribution < 1.29 is 23.5 Å². The number of fused-ring (bicyclic) bond motifs is 1. The summed E-state index contributed by atoms with van der Waals surface area (Å²) in [5.41, 5.74) is 2.22. The van der Waals surface area contributed by atoms with Crippen molar-refractivity contribution in [3.8, 4) is 17.1 Å². The SMILES string of the molecule is COc1nc(-c2ccc3cccc(F)c3c2)ccc1CC(C(C)C)C1OC(=O)NC1=O. The number of carbonyl (C=O) groups is 2. The van der Waals surface area contributed by atoms with E-state index in [-0.39, 0.29) is 17.7 Å². The number of nitrogens with one attached hydrogen (secondary N) is 1. The second-order valence-electron chi connectivity index (χ2n) is 7.97.